The summed E-state index contributed by atoms with van der Waals surface area (Å²) in [7, 11) is 0. The van der Waals surface area contributed by atoms with Crippen molar-refractivity contribution >= 4 is 17.5 Å². The second-order valence-electron chi connectivity index (χ2n) is 6.32. The van der Waals surface area contributed by atoms with E-state index < -0.39 is 35.2 Å². The third kappa shape index (κ3) is 5.28. The van der Waals surface area contributed by atoms with Gasteiger partial charge in [0.25, 0.3) is 18.8 Å². The van der Waals surface area contributed by atoms with Gasteiger partial charge in [-0.3, -0.25) is 14.4 Å². The average molecular weight is 439 g/mol. The lowest BCUT2D eigenvalue weighted by molar-refractivity contribution is 0.0382. The quantitative estimate of drug-likeness (QED) is 0.641. The van der Waals surface area contributed by atoms with Crippen LogP contribution in [0.4, 0.5) is 17.6 Å². The van der Waals surface area contributed by atoms with Crippen LogP contribution >= 0.6 is 11.6 Å². The molecule has 1 aliphatic heterocycles. The Morgan fingerprint density at radius 2 is 1.93 bits per heavy atom. The molecule has 0 radical (unpaired) electrons. The van der Waals surface area contributed by atoms with Crippen molar-refractivity contribution in [2.24, 2.45) is 0 Å². The Bertz CT molecular complexity index is 837. The van der Waals surface area contributed by atoms with Crippen molar-refractivity contribution in [3.63, 3.8) is 0 Å². The fraction of sp³-hybridized carbons (Fsp3) is 0.529. The Morgan fingerprint density at radius 1 is 1.21 bits per heavy atom. The van der Waals surface area contributed by atoms with Gasteiger partial charge in [0.05, 0.1) is 24.8 Å². The number of alkyl halides is 4. The molecule has 3 rings (SSSR count). The molecular formula is C17H19ClF4N4O3. The van der Waals surface area contributed by atoms with E-state index in [1.165, 1.54) is 12.1 Å². The molecule has 160 valence electrons. The van der Waals surface area contributed by atoms with E-state index in [2.05, 4.69) is 15.3 Å². The molecule has 3 heterocycles. The number of aromatic nitrogens is 2. The maximum Gasteiger partial charge on any atom is 0.287 e. The predicted molar refractivity (Wildman–Crippen MR) is 94.6 cm³/mol. The van der Waals surface area contributed by atoms with E-state index in [9.17, 15) is 22.4 Å². The molecule has 0 bridgehead atoms. The minimum absolute atomic E-state index is 0.0205. The number of ether oxygens (including phenoxy) is 1. The van der Waals surface area contributed by atoms with Gasteiger partial charge >= 0.3 is 0 Å². The van der Waals surface area contributed by atoms with Crippen LogP contribution in [0.15, 0.2) is 16.5 Å². The van der Waals surface area contributed by atoms with Crippen LogP contribution in [-0.4, -0.2) is 60.0 Å². The molecule has 0 aromatic carbocycles. The molecule has 0 aliphatic carbocycles. The lowest BCUT2D eigenvalue weighted by atomic mass is 10.3. The van der Waals surface area contributed by atoms with E-state index in [-0.39, 0.29) is 18.1 Å². The summed E-state index contributed by atoms with van der Waals surface area (Å²) in [5, 5.41) is 5.39. The molecule has 0 unspecified atom stereocenters. The number of carbonyl (C=O) groups is 1. The van der Waals surface area contributed by atoms with Crippen molar-refractivity contribution in [1.82, 2.24) is 20.0 Å². The van der Waals surface area contributed by atoms with Crippen LogP contribution < -0.4 is 5.32 Å². The summed E-state index contributed by atoms with van der Waals surface area (Å²) >= 11 is 5.61. The monoisotopic (exact) mass is 438 g/mol. The Kier molecular flexibility index (Phi) is 7.14. The van der Waals surface area contributed by atoms with Gasteiger partial charge in [0.1, 0.15) is 17.1 Å². The minimum atomic E-state index is -3.10. The van der Waals surface area contributed by atoms with Crippen LogP contribution in [0.3, 0.4) is 0 Å². The van der Waals surface area contributed by atoms with Gasteiger partial charge in [-0.1, -0.05) is 11.6 Å². The van der Waals surface area contributed by atoms with Gasteiger partial charge in [0, 0.05) is 26.2 Å². The highest BCUT2D eigenvalue weighted by molar-refractivity contribution is 6.32. The third-order valence-corrected chi connectivity index (χ3v) is 4.77. The summed E-state index contributed by atoms with van der Waals surface area (Å²) in [5.74, 6) is -0.386. The number of nitrogens with zero attached hydrogens (tertiary/aromatic N) is 3. The molecule has 0 atom stereocenters. The van der Waals surface area contributed by atoms with Crippen LogP contribution in [0.25, 0.3) is 0 Å². The zero-order valence-corrected chi connectivity index (χ0v) is 16.0. The molecule has 29 heavy (non-hydrogen) atoms. The van der Waals surface area contributed by atoms with Crippen molar-refractivity contribution in [2.45, 2.75) is 19.4 Å². The van der Waals surface area contributed by atoms with Gasteiger partial charge in [-0.25, -0.2) is 17.6 Å². The summed E-state index contributed by atoms with van der Waals surface area (Å²) in [6.07, 6.45) is -6.19. The average Bonchev–Trinajstić information content (AvgIpc) is 3.27. The highest BCUT2D eigenvalue weighted by Crippen LogP contribution is 2.35. The van der Waals surface area contributed by atoms with Gasteiger partial charge < -0.3 is 14.5 Å². The van der Waals surface area contributed by atoms with Crippen molar-refractivity contribution in [1.29, 1.82) is 0 Å². The highest BCUT2D eigenvalue weighted by Gasteiger charge is 2.28. The van der Waals surface area contributed by atoms with Crippen LogP contribution in [0.1, 0.15) is 40.6 Å². The van der Waals surface area contributed by atoms with Crippen molar-refractivity contribution in [3.05, 3.63) is 40.1 Å². The molecule has 0 spiro atoms. The summed E-state index contributed by atoms with van der Waals surface area (Å²) in [6.45, 7) is 3.58. The molecular weight excluding hydrogens is 420 g/mol. The first-order valence-electron chi connectivity index (χ1n) is 8.86. The van der Waals surface area contributed by atoms with Gasteiger partial charge in [-0.05, 0) is 12.1 Å². The number of carbonyl (C=O) groups excluding carboxylic acids is 1. The lowest BCUT2D eigenvalue weighted by Crippen LogP contribution is -2.41. The molecule has 2 aromatic rings. The van der Waals surface area contributed by atoms with E-state index >= 15 is 0 Å². The van der Waals surface area contributed by atoms with Gasteiger partial charge in [0.15, 0.2) is 5.76 Å². The number of halogens is 5. The van der Waals surface area contributed by atoms with E-state index in [0.717, 1.165) is 13.1 Å². The van der Waals surface area contributed by atoms with Crippen LogP contribution in [0.2, 0.25) is 5.02 Å². The summed E-state index contributed by atoms with van der Waals surface area (Å²) in [5.41, 5.74) is -1.75. The van der Waals surface area contributed by atoms with Crippen molar-refractivity contribution < 1.29 is 31.5 Å². The topological polar surface area (TPSA) is 72.5 Å². The smallest absolute Gasteiger partial charge is 0.287 e. The third-order valence-electron chi connectivity index (χ3n) is 4.38. The Labute approximate surface area is 168 Å². The first-order chi connectivity index (χ1) is 13.9. The molecule has 2 aromatic heterocycles. The Balaban J connectivity index is 1.61. The maximum absolute atomic E-state index is 13.2. The summed E-state index contributed by atoms with van der Waals surface area (Å²) in [4.78, 5) is 14.3. The van der Waals surface area contributed by atoms with Gasteiger partial charge in [-0.2, -0.15) is 5.10 Å². The fourth-order valence-electron chi connectivity index (χ4n) is 2.91. The molecule has 1 aliphatic rings. The van der Waals surface area contributed by atoms with Crippen LogP contribution in [0, 0.1) is 0 Å². The zero-order valence-electron chi connectivity index (χ0n) is 15.2. The number of amides is 1. The highest BCUT2D eigenvalue weighted by atomic mass is 35.5. The normalized spacial score (nSPS) is 15.4. The zero-order chi connectivity index (χ0) is 21.0. The van der Waals surface area contributed by atoms with E-state index in [1.54, 1.807) is 0 Å². The molecule has 7 nitrogen and oxygen atoms in total. The van der Waals surface area contributed by atoms with Gasteiger partial charge in [-0.15, -0.1) is 0 Å². The van der Waals surface area contributed by atoms with Gasteiger partial charge in [0.2, 0.25) is 0 Å². The number of nitrogens with one attached hydrogen (secondary N) is 1. The number of morpholine rings is 1. The summed E-state index contributed by atoms with van der Waals surface area (Å²) < 4.78 is 63.4. The molecule has 12 heteroatoms. The standard InChI is InChI=1S/C17H19ClF4N4O3/c18-12-13(15(19)20)24-26(14(12)16(21)22)9-10-1-2-11(29-10)17(27)23-3-4-25-5-7-28-8-6-25/h1-2,15-16H,3-9H2,(H,23,27). The number of rotatable bonds is 8. The Hall–Kier alpha value is -2.11. The second kappa shape index (κ2) is 9.59. The molecule has 0 saturated carbocycles. The van der Waals surface area contributed by atoms with E-state index in [0.29, 0.717) is 31.0 Å². The molecule has 1 amide bonds. The molecule has 1 saturated heterocycles. The fourth-order valence-corrected chi connectivity index (χ4v) is 3.21. The molecule has 1 fully saturated rings. The van der Waals surface area contributed by atoms with Crippen LogP contribution in [0.5, 0.6) is 0 Å². The first kappa shape index (κ1) is 21.6. The maximum atomic E-state index is 13.2. The predicted octanol–water partition coefficient (Wildman–Crippen LogP) is 3.12. The minimum Gasteiger partial charge on any atom is -0.454 e. The lowest BCUT2D eigenvalue weighted by Gasteiger charge is -2.26. The van der Waals surface area contributed by atoms with Crippen molar-refractivity contribution in [2.75, 3.05) is 39.4 Å². The SMILES string of the molecule is O=C(NCCN1CCOCC1)c1ccc(Cn2nc(C(F)F)c(Cl)c2C(F)F)o1. The number of hydrogen-bond acceptors (Lipinski definition) is 5. The summed E-state index contributed by atoms with van der Waals surface area (Å²) in [6, 6.07) is 2.77. The Morgan fingerprint density at radius 3 is 2.59 bits per heavy atom. The number of hydrogen-bond donors (Lipinski definition) is 1. The van der Waals surface area contributed by atoms with E-state index in [1.807, 2.05) is 0 Å². The largest absolute Gasteiger partial charge is 0.454 e. The second-order valence-corrected chi connectivity index (χ2v) is 6.70. The molecule has 1 N–H and O–H groups in total. The van der Waals surface area contributed by atoms with Crippen LogP contribution in [-0.2, 0) is 11.3 Å². The number of furan rings is 1. The van der Waals surface area contributed by atoms with Crippen molar-refractivity contribution in [3.8, 4) is 0 Å². The first-order valence-corrected chi connectivity index (χ1v) is 9.24. The van der Waals surface area contributed by atoms with E-state index in [4.69, 9.17) is 20.8 Å².